The normalized spacial score (nSPS) is 14.7. The SMILES string of the molecule is COC(=O)COc1ccccc1[C@H]1CC(=O)Oc2c(O)c(O)c3c(=O)cc(-c4ccccc4)oc3c21. The number of carbonyl (C=O) groups excluding carboxylic acids is 2. The van der Waals surface area contributed by atoms with Crippen LogP contribution in [0.1, 0.15) is 23.5 Å². The Bertz CT molecular complexity index is 1550. The van der Waals surface area contributed by atoms with Gasteiger partial charge >= 0.3 is 11.9 Å². The molecule has 0 saturated heterocycles. The summed E-state index contributed by atoms with van der Waals surface area (Å²) in [5.41, 5.74) is 0.676. The number of benzene rings is 3. The van der Waals surface area contributed by atoms with Crippen LogP contribution in [0, 0.1) is 0 Å². The molecule has 0 spiro atoms. The second-order valence-corrected chi connectivity index (χ2v) is 8.12. The van der Waals surface area contributed by atoms with Crippen molar-refractivity contribution in [1.82, 2.24) is 0 Å². The van der Waals surface area contributed by atoms with Crippen molar-refractivity contribution in [3.8, 4) is 34.3 Å². The van der Waals surface area contributed by atoms with Crippen LogP contribution in [0.2, 0.25) is 0 Å². The van der Waals surface area contributed by atoms with E-state index in [4.69, 9.17) is 13.9 Å². The summed E-state index contributed by atoms with van der Waals surface area (Å²) in [6, 6.07) is 16.8. The van der Waals surface area contributed by atoms with Crippen molar-refractivity contribution in [2.24, 2.45) is 0 Å². The molecule has 9 nitrogen and oxygen atoms in total. The predicted octanol–water partition coefficient (Wildman–Crippen LogP) is 3.86. The fraction of sp³-hybridized carbons (Fsp3) is 0.148. The van der Waals surface area contributed by atoms with Gasteiger partial charge < -0.3 is 28.8 Å². The lowest BCUT2D eigenvalue weighted by atomic mass is 9.84. The number of para-hydroxylation sites is 1. The van der Waals surface area contributed by atoms with E-state index in [2.05, 4.69) is 4.74 Å². The Balaban J connectivity index is 1.78. The Morgan fingerprint density at radius 1 is 1.03 bits per heavy atom. The number of phenolic OH excluding ortho intramolecular Hbond substituents is 2. The van der Waals surface area contributed by atoms with Gasteiger partial charge in [-0.3, -0.25) is 9.59 Å². The molecule has 2 N–H and O–H groups in total. The lowest BCUT2D eigenvalue weighted by Crippen LogP contribution is -2.23. The molecule has 3 aromatic carbocycles. The average Bonchev–Trinajstić information content (AvgIpc) is 2.90. The first-order valence-corrected chi connectivity index (χ1v) is 11.0. The number of ether oxygens (including phenoxy) is 3. The summed E-state index contributed by atoms with van der Waals surface area (Å²) in [7, 11) is 1.23. The molecular formula is C27H20O9. The molecule has 4 aromatic rings. The third-order valence-corrected chi connectivity index (χ3v) is 5.97. The van der Waals surface area contributed by atoms with Gasteiger partial charge in [-0.25, -0.2) is 4.79 Å². The molecule has 1 aliphatic rings. The van der Waals surface area contributed by atoms with Gasteiger partial charge in [0.15, 0.2) is 23.5 Å². The predicted molar refractivity (Wildman–Crippen MR) is 127 cm³/mol. The van der Waals surface area contributed by atoms with Gasteiger partial charge in [-0.2, -0.15) is 0 Å². The zero-order valence-corrected chi connectivity index (χ0v) is 19.0. The lowest BCUT2D eigenvalue weighted by molar-refractivity contribution is -0.143. The van der Waals surface area contributed by atoms with Crippen molar-refractivity contribution in [1.29, 1.82) is 0 Å². The molecule has 1 aliphatic heterocycles. The Morgan fingerprint density at radius 2 is 1.75 bits per heavy atom. The van der Waals surface area contributed by atoms with Crippen LogP contribution in [0.15, 0.2) is 69.9 Å². The number of rotatable bonds is 5. The molecule has 0 amide bonds. The highest BCUT2D eigenvalue weighted by Gasteiger charge is 2.38. The highest BCUT2D eigenvalue weighted by Crippen LogP contribution is 2.53. The maximum atomic E-state index is 13.1. The van der Waals surface area contributed by atoms with Crippen LogP contribution in [0.4, 0.5) is 0 Å². The Labute approximate surface area is 204 Å². The number of esters is 2. The van der Waals surface area contributed by atoms with E-state index in [1.165, 1.54) is 13.2 Å². The second kappa shape index (κ2) is 9.10. The van der Waals surface area contributed by atoms with Gasteiger partial charge in [-0.15, -0.1) is 0 Å². The molecule has 0 fully saturated rings. The minimum absolute atomic E-state index is 0.0353. The van der Waals surface area contributed by atoms with Gasteiger partial charge in [0.2, 0.25) is 5.75 Å². The van der Waals surface area contributed by atoms with E-state index in [9.17, 15) is 24.6 Å². The smallest absolute Gasteiger partial charge is 0.343 e. The molecule has 2 heterocycles. The number of carbonyl (C=O) groups is 2. The van der Waals surface area contributed by atoms with Crippen LogP contribution < -0.4 is 14.9 Å². The number of fused-ring (bicyclic) bond motifs is 3. The molecule has 0 bridgehead atoms. The van der Waals surface area contributed by atoms with Gasteiger partial charge in [0.1, 0.15) is 22.5 Å². The first-order valence-electron chi connectivity index (χ1n) is 11.0. The van der Waals surface area contributed by atoms with E-state index in [1.807, 2.05) is 6.07 Å². The summed E-state index contributed by atoms with van der Waals surface area (Å²) in [6.07, 6.45) is -0.176. The van der Waals surface area contributed by atoms with Crippen LogP contribution in [0.25, 0.3) is 22.3 Å². The minimum atomic E-state index is -0.793. The van der Waals surface area contributed by atoms with E-state index in [0.29, 0.717) is 11.1 Å². The van der Waals surface area contributed by atoms with Gasteiger partial charge in [-0.1, -0.05) is 48.5 Å². The zero-order valence-electron chi connectivity index (χ0n) is 19.0. The largest absolute Gasteiger partial charge is 0.504 e. The van der Waals surface area contributed by atoms with Crippen molar-refractivity contribution in [2.75, 3.05) is 13.7 Å². The van der Waals surface area contributed by atoms with Crippen LogP contribution in [-0.4, -0.2) is 35.9 Å². The van der Waals surface area contributed by atoms with E-state index >= 15 is 0 Å². The first-order chi connectivity index (χ1) is 17.4. The minimum Gasteiger partial charge on any atom is -0.504 e. The molecule has 182 valence electrons. The van der Waals surface area contributed by atoms with E-state index in [1.54, 1.807) is 48.5 Å². The van der Waals surface area contributed by atoms with Gasteiger partial charge in [0.25, 0.3) is 0 Å². The molecular weight excluding hydrogens is 468 g/mol. The van der Waals surface area contributed by atoms with E-state index in [0.717, 1.165) is 0 Å². The lowest BCUT2D eigenvalue weighted by Gasteiger charge is -2.27. The number of hydrogen-bond donors (Lipinski definition) is 2. The van der Waals surface area contributed by atoms with E-state index in [-0.39, 0.29) is 46.8 Å². The Hall–Kier alpha value is -4.79. The van der Waals surface area contributed by atoms with Gasteiger partial charge in [0, 0.05) is 23.1 Å². The number of hydrogen-bond acceptors (Lipinski definition) is 9. The molecule has 0 unspecified atom stereocenters. The molecule has 9 heteroatoms. The molecule has 0 saturated carbocycles. The standard InChI is InChI=1S/C27H20O9/c1-33-21(30)13-34-18-10-6-5-9-15(18)16-11-20(29)36-27-22(16)26-23(24(31)25(27)32)17(28)12-19(35-26)14-7-3-2-4-8-14/h2-10,12,16,31-32H,11,13H2,1H3/t16-/m1/s1. The summed E-state index contributed by atoms with van der Waals surface area (Å²) >= 11 is 0. The van der Waals surface area contributed by atoms with Gasteiger partial charge in [0.05, 0.1) is 19.1 Å². The fourth-order valence-electron chi connectivity index (χ4n) is 4.31. The van der Waals surface area contributed by atoms with Crippen molar-refractivity contribution < 1.29 is 38.4 Å². The summed E-state index contributed by atoms with van der Waals surface area (Å²) in [5, 5.41) is 21.1. The third kappa shape index (κ3) is 3.90. The monoisotopic (exact) mass is 488 g/mol. The summed E-state index contributed by atoms with van der Waals surface area (Å²) in [4.78, 5) is 37.3. The quantitative estimate of drug-likeness (QED) is 0.244. The number of methoxy groups -OCH3 is 1. The van der Waals surface area contributed by atoms with Crippen molar-refractivity contribution in [2.45, 2.75) is 12.3 Å². The van der Waals surface area contributed by atoms with Gasteiger partial charge in [-0.05, 0) is 6.07 Å². The second-order valence-electron chi connectivity index (χ2n) is 8.12. The van der Waals surface area contributed by atoms with Crippen LogP contribution in [0.5, 0.6) is 23.0 Å². The fourth-order valence-corrected chi connectivity index (χ4v) is 4.31. The molecule has 0 aliphatic carbocycles. The molecule has 0 radical (unpaired) electrons. The Kier molecular flexibility index (Phi) is 5.81. The molecule has 1 atom stereocenters. The maximum Gasteiger partial charge on any atom is 0.343 e. The van der Waals surface area contributed by atoms with Crippen molar-refractivity contribution >= 4 is 22.9 Å². The third-order valence-electron chi connectivity index (χ3n) is 5.97. The van der Waals surface area contributed by atoms with E-state index < -0.39 is 34.8 Å². The van der Waals surface area contributed by atoms with Crippen molar-refractivity contribution in [3.05, 3.63) is 82.0 Å². The topological polar surface area (TPSA) is 132 Å². The summed E-state index contributed by atoms with van der Waals surface area (Å²) < 4.78 is 21.7. The van der Waals surface area contributed by atoms with Crippen LogP contribution in [-0.2, 0) is 14.3 Å². The average molecular weight is 488 g/mol. The van der Waals surface area contributed by atoms with Crippen LogP contribution in [0.3, 0.4) is 0 Å². The highest BCUT2D eigenvalue weighted by atomic mass is 16.6. The number of aromatic hydroxyl groups is 2. The zero-order chi connectivity index (χ0) is 25.4. The molecule has 36 heavy (non-hydrogen) atoms. The Morgan fingerprint density at radius 3 is 2.50 bits per heavy atom. The highest BCUT2D eigenvalue weighted by molar-refractivity contribution is 5.96. The molecule has 5 rings (SSSR count). The summed E-state index contributed by atoms with van der Waals surface area (Å²) in [6.45, 7) is -0.369. The van der Waals surface area contributed by atoms with Crippen molar-refractivity contribution in [3.63, 3.8) is 0 Å². The first kappa shape index (κ1) is 23.0. The number of phenols is 2. The maximum absolute atomic E-state index is 13.1. The van der Waals surface area contributed by atoms with Crippen LogP contribution >= 0.6 is 0 Å². The summed E-state index contributed by atoms with van der Waals surface area (Å²) in [5.74, 6) is -3.35. The molecule has 1 aromatic heterocycles.